The summed E-state index contributed by atoms with van der Waals surface area (Å²) < 4.78 is 0. The van der Waals surface area contributed by atoms with Gasteiger partial charge in [-0.2, -0.15) is 0 Å². The zero-order chi connectivity index (χ0) is 24.7. The van der Waals surface area contributed by atoms with Gasteiger partial charge < -0.3 is 24.7 Å². The van der Waals surface area contributed by atoms with Gasteiger partial charge in [-0.3, -0.25) is 0 Å². The Balaban J connectivity index is 2.02. The van der Waals surface area contributed by atoms with Crippen LogP contribution in [0.25, 0.3) is 21.5 Å². The third kappa shape index (κ3) is 3.90. The molecule has 4 rings (SSSR count). The molecule has 0 aliphatic carbocycles. The van der Waals surface area contributed by atoms with Crippen molar-refractivity contribution in [1.29, 1.82) is 0 Å². The molecule has 0 unspecified atom stereocenters. The molecule has 1 N–H and O–H groups in total. The number of anilines is 4. The van der Waals surface area contributed by atoms with E-state index in [0.29, 0.717) is 0 Å². The fourth-order valence-electron chi connectivity index (χ4n) is 4.92. The van der Waals surface area contributed by atoms with Gasteiger partial charge in [0.15, 0.2) is 0 Å². The topological polar surface area (TPSA) is 33.2 Å². The Morgan fingerprint density at radius 2 is 0.794 bits per heavy atom. The average molecular weight is 457 g/mol. The molecule has 0 radical (unpaired) electrons. The van der Waals surface area contributed by atoms with E-state index in [-0.39, 0.29) is 0 Å². The molecule has 0 amide bonds. The molecule has 0 aromatic heterocycles. The molecule has 0 fully saturated rings. The number of benzene rings is 4. The van der Waals surface area contributed by atoms with Gasteiger partial charge in [0.2, 0.25) is 0 Å². The highest BCUT2D eigenvalue weighted by molar-refractivity contribution is 6.07. The van der Waals surface area contributed by atoms with Gasteiger partial charge in [0.25, 0.3) is 0 Å². The van der Waals surface area contributed by atoms with Crippen LogP contribution in [0.2, 0.25) is 0 Å². The van der Waals surface area contributed by atoms with Crippen LogP contribution in [0.4, 0.5) is 22.7 Å². The van der Waals surface area contributed by atoms with Gasteiger partial charge >= 0.3 is 0 Å². The molecule has 0 atom stereocenters. The van der Waals surface area contributed by atoms with Gasteiger partial charge in [-0.15, -0.1) is 0 Å². The van der Waals surface area contributed by atoms with Crippen LogP contribution >= 0.6 is 0 Å². The van der Waals surface area contributed by atoms with Crippen LogP contribution in [-0.4, -0.2) is 61.5 Å². The molecule has 0 aliphatic heterocycles. The van der Waals surface area contributed by atoms with E-state index in [9.17, 15) is 5.11 Å². The van der Waals surface area contributed by atoms with Crippen molar-refractivity contribution in [2.24, 2.45) is 0 Å². The summed E-state index contributed by atoms with van der Waals surface area (Å²) in [5, 5.41) is 16.3. The third-order valence-electron chi connectivity index (χ3n) is 6.58. The second-order valence-corrected chi connectivity index (χ2v) is 9.73. The van der Waals surface area contributed by atoms with Crippen LogP contribution < -0.4 is 19.6 Å². The number of aliphatic hydroxyl groups is 1. The second kappa shape index (κ2) is 9.07. The molecule has 0 saturated heterocycles. The molecular weight excluding hydrogens is 420 g/mol. The molecule has 5 heteroatoms. The summed E-state index contributed by atoms with van der Waals surface area (Å²) in [7, 11) is 16.5. The van der Waals surface area contributed by atoms with Gasteiger partial charge in [0, 0.05) is 89.9 Å². The predicted octanol–water partition coefficient (Wildman–Crippen LogP) is 5.34. The summed E-state index contributed by atoms with van der Waals surface area (Å²) >= 11 is 0. The number of rotatable bonds is 6. The molecule has 34 heavy (non-hydrogen) atoms. The van der Waals surface area contributed by atoms with Crippen LogP contribution in [0.15, 0.2) is 60.7 Å². The standard InChI is InChI=1S/C29H36N4O/c1-30(2)23-13-9-11-19-21(15-17-25(27(19)23)32(5)6)29(34)22-16-18-26(33(7)8)28-20(22)12-10-14-24(28)31(3)4/h9-18,29,34H,1-8H3. The summed E-state index contributed by atoms with van der Waals surface area (Å²) in [6.45, 7) is 0. The summed E-state index contributed by atoms with van der Waals surface area (Å²) in [5.74, 6) is 0. The first-order valence-corrected chi connectivity index (χ1v) is 11.6. The Morgan fingerprint density at radius 1 is 0.471 bits per heavy atom. The fraction of sp³-hybridized carbons (Fsp3) is 0.310. The van der Waals surface area contributed by atoms with Crippen LogP contribution in [0.5, 0.6) is 0 Å². The number of hydrogen-bond acceptors (Lipinski definition) is 5. The van der Waals surface area contributed by atoms with Crippen molar-refractivity contribution in [2.45, 2.75) is 6.10 Å². The van der Waals surface area contributed by atoms with E-state index in [4.69, 9.17) is 0 Å². The maximum Gasteiger partial charge on any atom is 0.105 e. The van der Waals surface area contributed by atoms with Gasteiger partial charge in [-0.05, 0) is 46.2 Å². The predicted molar refractivity (Wildman–Crippen MR) is 149 cm³/mol. The van der Waals surface area contributed by atoms with Crippen molar-refractivity contribution in [3.63, 3.8) is 0 Å². The van der Waals surface area contributed by atoms with Crippen LogP contribution in [0, 0.1) is 0 Å². The largest absolute Gasteiger partial charge is 0.384 e. The Morgan fingerprint density at radius 3 is 1.12 bits per heavy atom. The molecule has 0 aliphatic rings. The number of fused-ring (bicyclic) bond motifs is 2. The quantitative estimate of drug-likeness (QED) is 0.424. The maximum atomic E-state index is 11.9. The Hall–Kier alpha value is -3.44. The molecule has 0 heterocycles. The van der Waals surface area contributed by atoms with Crippen molar-refractivity contribution in [2.75, 3.05) is 76.0 Å². The zero-order valence-electron chi connectivity index (χ0n) is 21.6. The first-order valence-electron chi connectivity index (χ1n) is 11.6. The third-order valence-corrected chi connectivity index (χ3v) is 6.58. The van der Waals surface area contributed by atoms with Crippen molar-refractivity contribution in [3.8, 4) is 0 Å². The Kier molecular flexibility index (Phi) is 6.32. The summed E-state index contributed by atoms with van der Waals surface area (Å²) in [4.78, 5) is 8.54. The molecule has 5 nitrogen and oxygen atoms in total. The SMILES string of the molecule is CN(C)c1cccc2c(C(O)c3ccc(N(C)C)c4c(N(C)C)cccc34)ccc(N(C)C)c12. The van der Waals surface area contributed by atoms with E-state index in [1.165, 1.54) is 0 Å². The lowest BCUT2D eigenvalue weighted by Crippen LogP contribution is -2.15. The Labute approximate surface area is 203 Å². The van der Waals surface area contributed by atoms with Gasteiger partial charge in [-0.1, -0.05) is 36.4 Å². The van der Waals surface area contributed by atoms with Crippen molar-refractivity contribution >= 4 is 44.3 Å². The number of nitrogens with zero attached hydrogens (tertiary/aromatic N) is 4. The van der Waals surface area contributed by atoms with Crippen molar-refractivity contribution < 1.29 is 5.11 Å². The zero-order valence-corrected chi connectivity index (χ0v) is 21.6. The van der Waals surface area contributed by atoms with E-state index in [1.807, 2.05) is 0 Å². The van der Waals surface area contributed by atoms with Gasteiger partial charge in [0.1, 0.15) is 6.10 Å². The first-order chi connectivity index (χ1) is 16.1. The highest BCUT2D eigenvalue weighted by Gasteiger charge is 2.22. The molecule has 0 bridgehead atoms. The van der Waals surface area contributed by atoms with E-state index in [0.717, 1.165) is 55.4 Å². The lowest BCUT2D eigenvalue weighted by molar-refractivity contribution is 0.223. The van der Waals surface area contributed by atoms with E-state index in [2.05, 4.69) is 137 Å². The number of hydrogen-bond donors (Lipinski definition) is 1. The fourth-order valence-corrected chi connectivity index (χ4v) is 4.92. The smallest absolute Gasteiger partial charge is 0.105 e. The molecule has 4 aromatic rings. The summed E-state index contributed by atoms with van der Waals surface area (Å²) in [6, 6.07) is 21.0. The first kappa shape index (κ1) is 23.7. The normalized spacial score (nSPS) is 11.4. The average Bonchev–Trinajstić information content (AvgIpc) is 2.80. The van der Waals surface area contributed by atoms with E-state index in [1.54, 1.807) is 0 Å². The minimum atomic E-state index is -0.757. The molecule has 4 aromatic carbocycles. The summed E-state index contributed by atoms with van der Waals surface area (Å²) in [5.41, 5.74) is 6.38. The van der Waals surface area contributed by atoms with Crippen molar-refractivity contribution in [3.05, 3.63) is 71.8 Å². The van der Waals surface area contributed by atoms with Crippen LogP contribution in [0.3, 0.4) is 0 Å². The molecule has 0 saturated carbocycles. The summed E-state index contributed by atoms with van der Waals surface area (Å²) in [6.07, 6.45) is -0.757. The van der Waals surface area contributed by atoms with Gasteiger partial charge in [-0.25, -0.2) is 0 Å². The molecule has 178 valence electrons. The second-order valence-electron chi connectivity index (χ2n) is 9.73. The minimum Gasteiger partial charge on any atom is -0.384 e. The number of aliphatic hydroxyl groups excluding tert-OH is 1. The molecular formula is C29H36N4O. The minimum absolute atomic E-state index is 0.757. The highest BCUT2D eigenvalue weighted by atomic mass is 16.3. The lowest BCUT2D eigenvalue weighted by atomic mass is 9.90. The monoisotopic (exact) mass is 456 g/mol. The van der Waals surface area contributed by atoms with Crippen LogP contribution in [-0.2, 0) is 0 Å². The lowest BCUT2D eigenvalue weighted by Gasteiger charge is -2.26. The Bertz CT molecular complexity index is 1210. The van der Waals surface area contributed by atoms with E-state index < -0.39 is 6.10 Å². The molecule has 0 spiro atoms. The highest BCUT2D eigenvalue weighted by Crippen LogP contribution is 2.42. The van der Waals surface area contributed by atoms with Gasteiger partial charge in [0.05, 0.1) is 0 Å². The maximum absolute atomic E-state index is 11.9. The van der Waals surface area contributed by atoms with Crippen LogP contribution in [0.1, 0.15) is 17.2 Å². The van der Waals surface area contributed by atoms with Crippen molar-refractivity contribution in [1.82, 2.24) is 0 Å². The van der Waals surface area contributed by atoms with E-state index >= 15 is 0 Å².